The number of carbonyl (C=O) groups excluding carboxylic acids is 2. The summed E-state index contributed by atoms with van der Waals surface area (Å²) < 4.78 is 13.2. The molecule has 0 aromatic heterocycles. The normalized spacial score (nSPS) is 17.3. The molecule has 0 bridgehead atoms. The van der Waals surface area contributed by atoms with E-state index >= 15 is 0 Å². The van der Waals surface area contributed by atoms with Crippen molar-refractivity contribution in [2.45, 2.75) is 44.3 Å². The van der Waals surface area contributed by atoms with Crippen LogP contribution in [0.1, 0.15) is 57.5 Å². The van der Waals surface area contributed by atoms with Crippen LogP contribution in [0.3, 0.4) is 0 Å². The number of hydrogen-bond donors (Lipinski definition) is 2. The first kappa shape index (κ1) is 24.1. The Bertz CT molecular complexity index is 1230. The van der Waals surface area contributed by atoms with Gasteiger partial charge in [0, 0.05) is 35.4 Å². The zero-order chi connectivity index (χ0) is 24.8. The molecule has 2 amide bonds. The van der Waals surface area contributed by atoms with Crippen LogP contribution in [0.15, 0.2) is 72.8 Å². The molecule has 1 fully saturated rings. The summed E-state index contributed by atoms with van der Waals surface area (Å²) in [5.74, 6) is -0.844. The van der Waals surface area contributed by atoms with Crippen molar-refractivity contribution in [2.75, 3.05) is 5.32 Å². The summed E-state index contributed by atoms with van der Waals surface area (Å²) in [6.07, 6.45) is 3.36. The lowest BCUT2D eigenvalue weighted by atomic mass is 9.90. The van der Waals surface area contributed by atoms with E-state index < -0.39 is 5.82 Å². The van der Waals surface area contributed by atoms with E-state index in [1.165, 1.54) is 24.3 Å². The smallest absolute Gasteiger partial charge is 0.255 e. The molecule has 0 aliphatic heterocycles. The highest BCUT2D eigenvalue weighted by Crippen LogP contribution is 2.26. The standard InChI is InChI=1S/C28H27FN4O2/c29-23-10-8-21(9-11-23)27(34)32-25-3-1-2-20(16-25)18-33(26-14-12-24(31)13-15-26)28(35)22-6-4-19(17-30)5-7-22/h1-11,16,24,26H,12-15,18,31H2,(H,32,34). The van der Waals surface area contributed by atoms with Crippen molar-refractivity contribution >= 4 is 17.5 Å². The molecule has 0 atom stereocenters. The molecule has 35 heavy (non-hydrogen) atoms. The molecule has 1 saturated carbocycles. The highest BCUT2D eigenvalue weighted by atomic mass is 19.1. The number of nitriles is 1. The summed E-state index contributed by atoms with van der Waals surface area (Å²) in [7, 11) is 0. The highest BCUT2D eigenvalue weighted by molar-refractivity contribution is 6.04. The maximum Gasteiger partial charge on any atom is 0.255 e. The molecule has 0 unspecified atom stereocenters. The van der Waals surface area contributed by atoms with E-state index in [2.05, 4.69) is 11.4 Å². The number of rotatable bonds is 6. The second-order valence-electron chi connectivity index (χ2n) is 8.85. The molecule has 0 radical (unpaired) electrons. The van der Waals surface area contributed by atoms with E-state index in [4.69, 9.17) is 11.0 Å². The lowest BCUT2D eigenvalue weighted by Gasteiger charge is -2.36. The first-order chi connectivity index (χ1) is 16.9. The van der Waals surface area contributed by atoms with Crippen LogP contribution in [0.25, 0.3) is 0 Å². The van der Waals surface area contributed by atoms with Gasteiger partial charge in [0.05, 0.1) is 11.6 Å². The molecule has 3 aromatic carbocycles. The van der Waals surface area contributed by atoms with Crippen molar-refractivity contribution in [2.24, 2.45) is 5.73 Å². The number of carbonyl (C=O) groups is 2. The van der Waals surface area contributed by atoms with Crippen molar-refractivity contribution < 1.29 is 14.0 Å². The summed E-state index contributed by atoms with van der Waals surface area (Å²) in [6.45, 7) is 0.374. The zero-order valence-corrected chi connectivity index (χ0v) is 19.3. The maximum absolute atomic E-state index is 13.5. The second kappa shape index (κ2) is 10.9. The van der Waals surface area contributed by atoms with Gasteiger partial charge in [0.1, 0.15) is 5.82 Å². The van der Waals surface area contributed by atoms with Crippen LogP contribution in [0.5, 0.6) is 0 Å². The van der Waals surface area contributed by atoms with Crippen molar-refractivity contribution in [3.8, 4) is 6.07 Å². The van der Waals surface area contributed by atoms with Crippen molar-refractivity contribution in [1.29, 1.82) is 5.26 Å². The number of anilines is 1. The third-order valence-electron chi connectivity index (χ3n) is 6.35. The van der Waals surface area contributed by atoms with Crippen molar-refractivity contribution in [3.63, 3.8) is 0 Å². The Morgan fingerprint density at radius 1 is 0.971 bits per heavy atom. The number of nitrogens with two attached hydrogens (primary N) is 1. The van der Waals surface area contributed by atoms with Crippen LogP contribution >= 0.6 is 0 Å². The first-order valence-electron chi connectivity index (χ1n) is 11.7. The molecule has 0 heterocycles. The van der Waals surface area contributed by atoms with Gasteiger partial charge in [0.2, 0.25) is 0 Å². The van der Waals surface area contributed by atoms with Crippen LogP contribution in [0, 0.1) is 17.1 Å². The van der Waals surface area contributed by atoms with E-state index in [0.717, 1.165) is 31.2 Å². The minimum atomic E-state index is -0.403. The van der Waals surface area contributed by atoms with E-state index in [1.807, 2.05) is 23.1 Å². The molecule has 7 heteroatoms. The fourth-order valence-corrected chi connectivity index (χ4v) is 4.38. The SMILES string of the molecule is N#Cc1ccc(C(=O)N(Cc2cccc(NC(=O)c3ccc(F)cc3)c2)C2CCC(N)CC2)cc1. The molecule has 1 aliphatic carbocycles. The largest absolute Gasteiger partial charge is 0.331 e. The summed E-state index contributed by atoms with van der Waals surface area (Å²) in [4.78, 5) is 27.9. The Kier molecular flexibility index (Phi) is 7.54. The van der Waals surface area contributed by atoms with Crippen LogP contribution in [0.2, 0.25) is 0 Å². The second-order valence-corrected chi connectivity index (χ2v) is 8.85. The van der Waals surface area contributed by atoms with E-state index in [9.17, 15) is 14.0 Å². The fraction of sp³-hybridized carbons (Fsp3) is 0.250. The molecule has 0 spiro atoms. The molecular formula is C28H27FN4O2. The Labute approximate surface area is 204 Å². The number of halogens is 1. The number of nitrogens with zero attached hydrogens (tertiary/aromatic N) is 2. The number of hydrogen-bond acceptors (Lipinski definition) is 4. The summed E-state index contributed by atoms with van der Waals surface area (Å²) >= 11 is 0. The average molecular weight is 471 g/mol. The van der Waals surface area contributed by atoms with Crippen LogP contribution in [0.4, 0.5) is 10.1 Å². The van der Waals surface area contributed by atoms with Crippen LogP contribution in [-0.4, -0.2) is 28.8 Å². The molecule has 4 rings (SSSR count). The molecular weight excluding hydrogens is 443 g/mol. The third kappa shape index (κ3) is 6.11. The topological polar surface area (TPSA) is 99.2 Å². The van der Waals surface area contributed by atoms with Gasteiger partial charge in [-0.15, -0.1) is 0 Å². The molecule has 3 aromatic rings. The van der Waals surface area contributed by atoms with Crippen molar-refractivity contribution in [1.82, 2.24) is 4.90 Å². The van der Waals surface area contributed by atoms with Gasteiger partial charge in [-0.1, -0.05) is 12.1 Å². The van der Waals surface area contributed by atoms with E-state index in [-0.39, 0.29) is 23.9 Å². The van der Waals surface area contributed by atoms with Gasteiger partial charge in [-0.05, 0) is 91.9 Å². The Morgan fingerprint density at radius 2 is 1.63 bits per heavy atom. The average Bonchev–Trinajstić information content (AvgIpc) is 2.88. The molecule has 0 saturated heterocycles. The zero-order valence-electron chi connectivity index (χ0n) is 19.3. The monoisotopic (exact) mass is 470 g/mol. The Hall–Kier alpha value is -4.02. The summed E-state index contributed by atoms with van der Waals surface area (Å²) in [6, 6.07) is 21.7. The van der Waals surface area contributed by atoms with Gasteiger partial charge < -0.3 is 16.0 Å². The maximum atomic E-state index is 13.5. The van der Waals surface area contributed by atoms with Gasteiger partial charge in [-0.2, -0.15) is 5.26 Å². The van der Waals surface area contributed by atoms with Gasteiger partial charge >= 0.3 is 0 Å². The Balaban J connectivity index is 1.54. The predicted molar refractivity (Wildman–Crippen MR) is 132 cm³/mol. The third-order valence-corrected chi connectivity index (χ3v) is 6.35. The molecule has 1 aliphatic rings. The lowest BCUT2D eigenvalue weighted by Crippen LogP contribution is -2.43. The fourth-order valence-electron chi connectivity index (χ4n) is 4.38. The van der Waals surface area contributed by atoms with Gasteiger partial charge in [-0.25, -0.2) is 4.39 Å². The van der Waals surface area contributed by atoms with Crippen molar-refractivity contribution in [3.05, 3.63) is 101 Å². The van der Waals surface area contributed by atoms with E-state index in [0.29, 0.717) is 28.9 Å². The molecule has 6 nitrogen and oxygen atoms in total. The quantitative estimate of drug-likeness (QED) is 0.537. The van der Waals surface area contributed by atoms with Crippen LogP contribution in [-0.2, 0) is 6.54 Å². The Morgan fingerprint density at radius 3 is 2.29 bits per heavy atom. The van der Waals surface area contributed by atoms with Gasteiger partial charge in [-0.3, -0.25) is 9.59 Å². The minimum Gasteiger partial charge on any atom is -0.331 e. The number of benzene rings is 3. The number of nitrogens with one attached hydrogen (secondary N) is 1. The van der Waals surface area contributed by atoms with Gasteiger partial charge in [0.25, 0.3) is 11.8 Å². The highest BCUT2D eigenvalue weighted by Gasteiger charge is 2.28. The molecule has 178 valence electrons. The summed E-state index contributed by atoms with van der Waals surface area (Å²) in [5, 5.41) is 11.9. The predicted octanol–water partition coefficient (Wildman–Crippen LogP) is 4.86. The first-order valence-corrected chi connectivity index (χ1v) is 11.7. The molecule has 3 N–H and O–H groups in total. The minimum absolute atomic E-state index is 0.0513. The van der Waals surface area contributed by atoms with Crippen LogP contribution < -0.4 is 11.1 Å². The number of amides is 2. The lowest BCUT2D eigenvalue weighted by molar-refractivity contribution is 0.0606. The van der Waals surface area contributed by atoms with E-state index in [1.54, 1.807) is 30.3 Å². The summed E-state index contributed by atoms with van der Waals surface area (Å²) in [5.41, 5.74) is 8.94. The van der Waals surface area contributed by atoms with Gasteiger partial charge in [0.15, 0.2) is 0 Å².